The van der Waals surface area contributed by atoms with Crippen molar-refractivity contribution in [3.8, 4) is 5.75 Å². The highest BCUT2D eigenvalue weighted by molar-refractivity contribution is 7.93. The molecule has 0 aliphatic carbocycles. The van der Waals surface area contributed by atoms with Crippen LogP contribution in [0.25, 0.3) is 5.65 Å². The minimum atomic E-state index is -4.18. The van der Waals surface area contributed by atoms with Gasteiger partial charge in [-0.15, -0.1) is 0 Å². The van der Waals surface area contributed by atoms with Crippen LogP contribution >= 0.6 is 0 Å². The highest BCUT2D eigenvalue weighted by atomic mass is 32.2. The molecular weight excluding hydrogens is 488 g/mol. The van der Waals surface area contributed by atoms with E-state index in [1.165, 1.54) is 28.0 Å². The summed E-state index contributed by atoms with van der Waals surface area (Å²) in [5, 5.41) is 9.58. The van der Waals surface area contributed by atoms with E-state index in [4.69, 9.17) is 9.47 Å². The van der Waals surface area contributed by atoms with Crippen LogP contribution in [0.5, 0.6) is 5.75 Å². The highest BCUT2D eigenvalue weighted by Crippen LogP contribution is 2.40. The number of fused-ring (bicyclic) bond motifs is 2. The zero-order valence-corrected chi connectivity index (χ0v) is 21.4. The predicted molar refractivity (Wildman–Crippen MR) is 132 cm³/mol. The lowest BCUT2D eigenvalue weighted by Crippen LogP contribution is -2.48. The van der Waals surface area contributed by atoms with Crippen LogP contribution in [0.15, 0.2) is 41.6 Å². The van der Waals surface area contributed by atoms with Crippen molar-refractivity contribution in [1.29, 1.82) is 0 Å². The van der Waals surface area contributed by atoms with Gasteiger partial charge in [0, 0.05) is 25.0 Å². The molecule has 4 rings (SSSR count). The van der Waals surface area contributed by atoms with Crippen molar-refractivity contribution in [2.24, 2.45) is 0 Å². The number of hydrogen-bond acceptors (Lipinski definition) is 8. The molecule has 2 amide bonds. The molecule has 1 atom stereocenters. The normalized spacial score (nSPS) is 15.7. The molecule has 3 aromatic rings. The van der Waals surface area contributed by atoms with Gasteiger partial charge in [-0.05, 0) is 52.0 Å². The second kappa shape index (κ2) is 9.30. The number of anilines is 2. The topological polar surface area (TPSA) is 144 Å². The predicted octanol–water partition coefficient (Wildman–Crippen LogP) is 2.48. The number of aryl methyl sites for hydroxylation is 1. The van der Waals surface area contributed by atoms with E-state index in [1.807, 2.05) is 0 Å². The summed E-state index contributed by atoms with van der Waals surface area (Å²) in [7, 11) is -4.18. The Morgan fingerprint density at radius 3 is 2.72 bits per heavy atom. The van der Waals surface area contributed by atoms with E-state index < -0.39 is 27.8 Å². The number of nitrogens with zero attached hydrogens (tertiary/aromatic N) is 4. The number of ether oxygens (including phenoxy) is 2. The van der Waals surface area contributed by atoms with Crippen LogP contribution in [0.2, 0.25) is 0 Å². The number of sulfonamides is 1. The van der Waals surface area contributed by atoms with Gasteiger partial charge in [-0.3, -0.25) is 14.4 Å². The van der Waals surface area contributed by atoms with Crippen LogP contribution in [-0.2, 0) is 19.6 Å². The first-order chi connectivity index (χ1) is 16.8. The second-order valence-corrected chi connectivity index (χ2v) is 11.1. The number of carbonyl (C=O) groups excluding carboxylic acids is 2. The van der Waals surface area contributed by atoms with Gasteiger partial charge >= 0.3 is 6.09 Å². The first-order valence-electron chi connectivity index (χ1n) is 11.2. The molecule has 3 heterocycles. The molecule has 2 aromatic heterocycles. The summed E-state index contributed by atoms with van der Waals surface area (Å²) in [4.78, 5) is 27.9. The van der Waals surface area contributed by atoms with Gasteiger partial charge < -0.3 is 14.8 Å². The second-order valence-electron chi connectivity index (χ2n) is 9.32. The number of rotatable bonds is 5. The maximum absolute atomic E-state index is 14.0. The molecule has 0 spiro atoms. The lowest BCUT2D eigenvalue weighted by molar-refractivity contribution is -0.119. The summed E-state index contributed by atoms with van der Waals surface area (Å²) >= 11 is 0. The zero-order valence-electron chi connectivity index (χ0n) is 20.6. The van der Waals surface area contributed by atoms with Crippen LogP contribution in [-0.4, -0.2) is 59.8 Å². The Morgan fingerprint density at radius 1 is 1.28 bits per heavy atom. The molecule has 1 aromatic carbocycles. The fraction of sp³-hybridized carbons (Fsp3) is 0.391. The van der Waals surface area contributed by atoms with E-state index in [9.17, 15) is 18.0 Å². The Labute approximate surface area is 208 Å². The van der Waals surface area contributed by atoms with Gasteiger partial charge in [0.2, 0.25) is 5.91 Å². The summed E-state index contributed by atoms with van der Waals surface area (Å²) in [6.45, 7) is 8.20. The number of hydrogen-bond donors (Lipinski definition) is 2. The van der Waals surface area contributed by atoms with Crippen molar-refractivity contribution >= 4 is 39.0 Å². The van der Waals surface area contributed by atoms with Gasteiger partial charge in [-0.25, -0.2) is 22.7 Å². The standard InChI is InChI=1S/C23H28N6O6S/c1-14-20(21-24-9-6-10-28(21)27-14)36(32,33)29-13-17(12-25-15(2)30)34-19-8-7-16(11-18(19)29)26-22(31)35-23(3,4)5/h6-11,17H,12-13H2,1-5H3,(H,25,30)(H,26,31). The molecular formula is C23H28N6O6S. The largest absolute Gasteiger partial charge is 0.484 e. The minimum Gasteiger partial charge on any atom is -0.484 e. The number of nitrogens with one attached hydrogen (secondary N) is 2. The third-order valence-corrected chi connectivity index (χ3v) is 7.10. The van der Waals surface area contributed by atoms with Gasteiger partial charge in [-0.2, -0.15) is 5.10 Å². The number of amides is 2. The Kier molecular flexibility index (Phi) is 6.52. The molecule has 192 valence electrons. The van der Waals surface area contributed by atoms with Gasteiger partial charge in [-0.1, -0.05) is 0 Å². The van der Waals surface area contributed by atoms with Crippen molar-refractivity contribution < 1.29 is 27.5 Å². The van der Waals surface area contributed by atoms with Crippen molar-refractivity contribution in [2.45, 2.75) is 51.2 Å². The van der Waals surface area contributed by atoms with Gasteiger partial charge in [0.05, 0.1) is 24.5 Å². The Morgan fingerprint density at radius 2 is 2.03 bits per heavy atom. The summed E-state index contributed by atoms with van der Waals surface area (Å²) in [6.07, 6.45) is 1.77. The Hall–Kier alpha value is -3.87. The lowest BCUT2D eigenvalue weighted by atomic mass is 10.2. The molecule has 2 N–H and O–H groups in total. The average molecular weight is 517 g/mol. The summed E-state index contributed by atoms with van der Waals surface area (Å²) in [6, 6.07) is 6.29. The van der Waals surface area contributed by atoms with Crippen LogP contribution in [0.1, 0.15) is 33.4 Å². The first-order valence-corrected chi connectivity index (χ1v) is 12.7. The molecule has 1 unspecified atom stereocenters. The van der Waals surface area contributed by atoms with Crippen LogP contribution in [0, 0.1) is 6.92 Å². The van der Waals surface area contributed by atoms with Crippen LogP contribution in [0.4, 0.5) is 16.2 Å². The summed E-state index contributed by atoms with van der Waals surface area (Å²) in [5.41, 5.74) is 0.300. The van der Waals surface area contributed by atoms with Crippen LogP contribution < -0.4 is 19.7 Å². The third-order valence-electron chi connectivity index (χ3n) is 5.18. The van der Waals surface area contributed by atoms with Crippen molar-refractivity contribution in [2.75, 3.05) is 22.7 Å². The molecule has 1 aliphatic rings. The fourth-order valence-corrected chi connectivity index (χ4v) is 5.57. The first kappa shape index (κ1) is 25.2. The van der Waals surface area contributed by atoms with Crippen molar-refractivity contribution in [3.63, 3.8) is 0 Å². The Balaban J connectivity index is 1.77. The quantitative estimate of drug-likeness (QED) is 0.526. The van der Waals surface area contributed by atoms with E-state index in [0.717, 1.165) is 0 Å². The molecule has 0 bridgehead atoms. The summed E-state index contributed by atoms with van der Waals surface area (Å²) < 4.78 is 41.9. The van der Waals surface area contributed by atoms with E-state index in [1.54, 1.807) is 52.1 Å². The average Bonchev–Trinajstić information content (AvgIpc) is 3.12. The number of aromatic nitrogens is 3. The molecule has 0 radical (unpaired) electrons. The third kappa shape index (κ3) is 5.20. The van der Waals surface area contributed by atoms with Gasteiger partial charge in [0.1, 0.15) is 17.5 Å². The Bertz CT molecular complexity index is 1430. The summed E-state index contributed by atoms with van der Waals surface area (Å²) in [5.74, 6) is 0.00962. The highest BCUT2D eigenvalue weighted by Gasteiger charge is 2.38. The lowest BCUT2D eigenvalue weighted by Gasteiger charge is -2.35. The minimum absolute atomic E-state index is 0.0419. The number of carbonyl (C=O) groups is 2. The smallest absolute Gasteiger partial charge is 0.412 e. The van der Waals surface area contributed by atoms with E-state index in [2.05, 4.69) is 20.7 Å². The fourth-order valence-electron chi connectivity index (χ4n) is 3.79. The van der Waals surface area contributed by atoms with Gasteiger partial charge in [0.25, 0.3) is 10.0 Å². The zero-order chi connectivity index (χ0) is 26.3. The van der Waals surface area contributed by atoms with Crippen molar-refractivity contribution in [3.05, 3.63) is 42.4 Å². The molecule has 0 saturated heterocycles. The SMILES string of the molecule is CC(=O)NCC1CN(S(=O)(=O)c2c(C)nn3cccnc23)c2cc(NC(=O)OC(C)(C)C)ccc2O1. The van der Waals surface area contributed by atoms with Crippen molar-refractivity contribution in [1.82, 2.24) is 19.9 Å². The van der Waals surface area contributed by atoms with E-state index in [-0.39, 0.29) is 46.7 Å². The molecule has 0 fully saturated rings. The molecule has 36 heavy (non-hydrogen) atoms. The molecule has 13 heteroatoms. The maximum Gasteiger partial charge on any atom is 0.412 e. The monoisotopic (exact) mass is 516 g/mol. The molecule has 0 saturated carbocycles. The van der Waals surface area contributed by atoms with E-state index in [0.29, 0.717) is 5.69 Å². The maximum atomic E-state index is 14.0. The molecule has 12 nitrogen and oxygen atoms in total. The van der Waals surface area contributed by atoms with Crippen LogP contribution in [0.3, 0.4) is 0 Å². The number of benzene rings is 1. The molecule has 1 aliphatic heterocycles. The van der Waals surface area contributed by atoms with E-state index >= 15 is 0 Å². The van der Waals surface area contributed by atoms with Gasteiger partial charge in [0.15, 0.2) is 10.5 Å².